The molecular formula is C19H22N4S. The monoisotopic (exact) mass is 338 g/mol. The van der Waals surface area contributed by atoms with Crippen molar-refractivity contribution in [1.29, 1.82) is 5.26 Å². The van der Waals surface area contributed by atoms with Gasteiger partial charge in [0.05, 0.1) is 11.6 Å². The van der Waals surface area contributed by atoms with Crippen LogP contribution in [0.3, 0.4) is 0 Å². The van der Waals surface area contributed by atoms with Gasteiger partial charge in [-0.15, -0.1) is 0 Å². The molecular weight excluding hydrogens is 316 g/mol. The Morgan fingerprint density at radius 3 is 2.71 bits per heavy atom. The molecule has 124 valence electrons. The summed E-state index contributed by atoms with van der Waals surface area (Å²) >= 11 is 5.32. The van der Waals surface area contributed by atoms with Crippen molar-refractivity contribution in [3.63, 3.8) is 0 Å². The molecule has 0 fully saturated rings. The minimum Gasteiger partial charge on any atom is -0.370 e. The maximum Gasteiger partial charge on any atom is 0.170 e. The van der Waals surface area contributed by atoms with Gasteiger partial charge in [0.25, 0.3) is 0 Å². The molecule has 0 aliphatic rings. The highest BCUT2D eigenvalue weighted by Gasteiger charge is 2.05. The fourth-order valence-corrected chi connectivity index (χ4v) is 2.66. The smallest absolute Gasteiger partial charge is 0.170 e. The molecule has 0 spiro atoms. The maximum absolute atomic E-state index is 8.92. The van der Waals surface area contributed by atoms with E-state index in [0.29, 0.717) is 10.7 Å². The van der Waals surface area contributed by atoms with Gasteiger partial charge in [-0.3, -0.25) is 0 Å². The number of benzene rings is 2. The Balaban J connectivity index is 1.84. The fraction of sp³-hybridized carbons (Fsp3) is 0.263. The second-order valence-electron chi connectivity index (χ2n) is 5.49. The third-order valence-electron chi connectivity index (χ3n) is 3.67. The van der Waals surface area contributed by atoms with Crippen LogP contribution in [-0.2, 0) is 0 Å². The van der Waals surface area contributed by atoms with Crippen LogP contribution in [0.5, 0.6) is 0 Å². The summed E-state index contributed by atoms with van der Waals surface area (Å²) in [5.41, 5.74) is 3.91. The van der Waals surface area contributed by atoms with Crippen LogP contribution in [0.1, 0.15) is 18.1 Å². The van der Waals surface area contributed by atoms with Crippen molar-refractivity contribution in [2.24, 2.45) is 0 Å². The molecule has 2 aromatic carbocycles. The zero-order chi connectivity index (χ0) is 17.4. The number of nitriles is 1. The highest BCUT2D eigenvalue weighted by molar-refractivity contribution is 7.80. The standard InChI is InChI=1S/C19H22N4S/c1-3-23(18-9-4-6-15(2)12-18)11-10-21-19(24)22-17-8-5-7-16(13-17)14-20/h4-9,12-13H,3,10-11H2,1-2H3,(H2,21,22,24). The molecule has 2 aromatic rings. The van der Waals surface area contributed by atoms with Crippen molar-refractivity contribution in [2.75, 3.05) is 29.9 Å². The number of likely N-dealkylation sites (N-methyl/N-ethyl adjacent to an activating group) is 1. The van der Waals surface area contributed by atoms with E-state index in [1.807, 2.05) is 12.1 Å². The molecule has 0 aliphatic carbocycles. The lowest BCUT2D eigenvalue weighted by Crippen LogP contribution is -2.36. The number of rotatable bonds is 6. The number of thiocarbonyl (C=S) groups is 1. The van der Waals surface area contributed by atoms with Gasteiger partial charge in [-0.1, -0.05) is 18.2 Å². The van der Waals surface area contributed by atoms with E-state index in [-0.39, 0.29) is 0 Å². The molecule has 0 bridgehead atoms. The van der Waals surface area contributed by atoms with Crippen molar-refractivity contribution in [3.05, 3.63) is 59.7 Å². The molecule has 5 heteroatoms. The van der Waals surface area contributed by atoms with Crippen molar-refractivity contribution >= 4 is 28.7 Å². The Bertz CT molecular complexity index is 736. The number of nitrogens with zero attached hydrogens (tertiary/aromatic N) is 2. The van der Waals surface area contributed by atoms with E-state index in [1.54, 1.807) is 12.1 Å². The van der Waals surface area contributed by atoms with Gasteiger partial charge in [0.1, 0.15) is 0 Å². The number of hydrogen-bond acceptors (Lipinski definition) is 3. The number of hydrogen-bond donors (Lipinski definition) is 2. The minimum absolute atomic E-state index is 0.561. The van der Waals surface area contributed by atoms with Crippen LogP contribution in [0, 0.1) is 18.3 Å². The molecule has 24 heavy (non-hydrogen) atoms. The van der Waals surface area contributed by atoms with E-state index in [2.05, 4.69) is 59.7 Å². The minimum atomic E-state index is 0.561. The molecule has 0 aromatic heterocycles. The van der Waals surface area contributed by atoms with Gasteiger partial charge < -0.3 is 15.5 Å². The molecule has 0 atom stereocenters. The van der Waals surface area contributed by atoms with Crippen LogP contribution in [0.4, 0.5) is 11.4 Å². The quantitative estimate of drug-likeness (QED) is 0.787. The van der Waals surface area contributed by atoms with Crippen LogP contribution >= 0.6 is 12.2 Å². The lowest BCUT2D eigenvalue weighted by atomic mass is 10.2. The lowest BCUT2D eigenvalue weighted by molar-refractivity contribution is 0.779. The molecule has 0 heterocycles. The summed E-state index contributed by atoms with van der Waals surface area (Å²) in [5, 5.41) is 15.8. The van der Waals surface area contributed by atoms with Gasteiger partial charge in [0, 0.05) is 31.0 Å². The number of aryl methyl sites for hydroxylation is 1. The third-order valence-corrected chi connectivity index (χ3v) is 3.91. The summed E-state index contributed by atoms with van der Waals surface area (Å²) in [5.74, 6) is 0. The Labute approximate surface area is 149 Å². The summed E-state index contributed by atoms with van der Waals surface area (Å²) < 4.78 is 0. The second-order valence-corrected chi connectivity index (χ2v) is 5.90. The third kappa shape index (κ3) is 5.25. The predicted octanol–water partition coefficient (Wildman–Crippen LogP) is 3.68. The van der Waals surface area contributed by atoms with Gasteiger partial charge in [-0.05, 0) is 62.0 Å². The SMILES string of the molecule is CCN(CCNC(=S)Nc1cccc(C#N)c1)c1cccc(C)c1. The first-order chi connectivity index (χ1) is 11.6. The molecule has 2 rings (SSSR count). The van der Waals surface area contributed by atoms with Gasteiger partial charge >= 0.3 is 0 Å². The van der Waals surface area contributed by atoms with Crippen molar-refractivity contribution in [1.82, 2.24) is 5.32 Å². The first kappa shape index (κ1) is 17.8. The van der Waals surface area contributed by atoms with Crippen LogP contribution < -0.4 is 15.5 Å². The van der Waals surface area contributed by atoms with Crippen LogP contribution in [0.2, 0.25) is 0 Å². The highest BCUT2D eigenvalue weighted by atomic mass is 32.1. The van der Waals surface area contributed by atoms with E-state index < -0.39 is 0 Å². The molecule has 0 unspecified atom stereocenters. The largest absolute Gasteiger partial charge is 0.370 e. The molecule has 0 amide bonds. The number of nitrogens with one attached hydrogen (secondary N) is 2. The normalized spacial score (nSPS) is 9.88. The summed E-state index contributed by atoms with van der Waals surface area (Å²) in [6.07, 6.45) is 0. The Hall–Kier alpha value is -2.58. The van der Waals surface area contributed by atoms with Crippen LogP contribution in [0.15, 0.2) is 48.5 Å². The highest BCUT2D eigenvalue weighted by Crippen LogP contribution is 2.15. The Kier molecular flexibility index (Phi) is 6.59. The first-order valence-electron chi connectivity index (χ1n) is 7.99. The Morgan fingerprint density at radius 1 is 1.21 bits per heavy atom. The van der Waals surface area contributed by atoms with E-state index in [9.17, 15) is 0 Å². The Morgan fingerprint density at radius 2 is 2.00 bits per heavy atom. The average molecular weight is 338 g/mol. The first-order valence-corrected chi connectivity index (χ1v) is 8.40. The zero-order valence-electron chi connectivity index (χ0n) is 14.0. The summed E-state index contributed by atoms with van der Waals surface area (Å²) in [4.78, 5) is 2.30. The summed E-state index contributed by atoms with van der Waals surface area (Å²) in [7, 11) is 0. The molecule has 0 saturated carbocycles. The van der Waals surface area contributed by atoms with Crippen molar-refractivity contribution in [3.8, 4) is 6.07 Å². The van der Waals surface area contributed by atoms with E-state index in [0.717, 1.165) is 25.3 Å². The predicted molar refractivity (Wildman–Crippen MR) is 104 cm³/mol. The second kappa shape index (κ2) is 8.90. The molecule has 2 N–H and O–H groups in total. The van der Waals surface area contributed by atoms with Gasteiger partial charge in [-0.2, -0.15) is 5.26 Å². The van der Waals surface area contributed by atoms with Crippen LogP contribution in [-0.4, -0.2) is 24.7 Å². The van der Waals surface area contributed by atoms with Crippen molar-refractivity contribution < 1.29 is 0 Å². The molecule has 4 nitrogen and oxygen atoms in total. The average Bonchev–Trinajstić information content (AvgIpc) is 2.59. The van der Waals surface area contributed by atoms with Gasteiger partial charge in [0.2, 0.25) is 0 Å². The zero-order valence-corrected chi connectivity index (χ0v) is 14.9. The fourth-order valence-electron chi connectivity index (χ4n) is 2.44. The molecule has 0 radical (unpaired) electrons. The van der Waals surface area contributed by atoms with Gasteiger partial charge in [-0.25, -0.2) is 0 Å². The van der Waals surface area contributed by atoms with E-state index in [1.165, 1.54) is 11.3 Å². The van der Waals surface area contributed by atoms with Crippen LogP contribution in [0.25, 0.3) is 0 Å². The maximum atomic E-state index is 8.92. The molecule has 0 aliphatic heterocycles. The van der Waals surface area contributed by atoms with Gasteiger partial charge in [0.15, 0.2) is 5.11 Å². The number of anilines is 2. The van der Waals surface area contributed by atoms with Crippen molar-refractivity contribution in [2.45, 2.75) is 13.8 Å². The topological polar surface area (TPSA) is 51.1 Å². The van der Waals surface area contributed by atoms with E-state index >= 15 is 0 Å². The summed E-state index contributed by atoms with van der Waals surface area (Å²) in [6.45, 7) is 6.79. The lowest BCUT2D eigenvalue weighted by Gasteiger charge is -2.24. The van der Waals surface area contributed by atoms with E-state index in [4.69, 9.17) is 17.5 Å². The molecule has 0 saturated heterocycles. The summed E-state index contributed by atoms with van der Waals surface area (Å²) in [6, 6.07) is 17.9.